The van der Waals surface area contributed by atoms with Gasteiger partial charge in [0.1, 0.15) is 6.61 Å². The van der Waals surface area contributed by atoms with Gasteiger partial charge in [0.2, 0.25) is 0 Å². The van der Waals surface area contributed by atoms with E-state index in [2.05, 4.69) is 36.3 Å². The topological polar surface area (TPSA) is 44.2 Å². The van der Waals surface area contributed by atoms with Crippen molar-refractivity contribution in [3.05, 3.63) is 69.6 Å². The number of hydrogen-bond acceptors (Lipinski definition) is 4. The quantitative estimate of drug-likeness (QED) is 0.243. The number of ether oxygens (including phenoxy) is 2. The van der Waals surface area contributed by atoms with Crippen molar-refractivity contribution in [2.45, 2.75) is 46.1 Å². The molecule has 4 heteroatoms. The Balaban J connectivity index is 1.78. The summed E-state index contributed by atoms with van der Waals surface area (Å²) < 4.78 is 11.2. The van der Waals surface area contributed by atoms with Crippen molar-refractivity contribution in [3.8, 4) is 12.3 Å². The Morgan fingerprint density at radius 1 is 1.30 bits per heavy atom. The van der Waals surface area contributed by atoms with Crippen LogP contribution in [0.5, 0.6) is 0 Å². The molecule has 1 aliphatic carbocycles. The number of nitrogens with zero attached hydrogens (tertiary/aromatic N) is 2. The van der Waals surface area contributed by atoms with E-state index in [4.69, 9.17) is 25.9 Å². The summed E-state index contributed by atoms with van der Waals surface area (Å²) in [6.45, 7) is 8.58. The van der Waals surface area contributed by atoms with Crippen LogP contribution in [0.2, 0.25) is 0 Å². The van der Waals surface area contributed by atoms with Gasteiger partial charge in [0.05, 0.1) is 28.6 Å². The number of hydrogen-bond donors (Lipinski definition) is 0. The van der Waals surface area contributed by atoms with Crippen molar-refractivity contribution in [2.24, 2.45) is 0 Å². The van der Waals surface area contributed by atoms with E-state index in [0.29, 0.717) is 12.5 Å². The second-order valence-corrected chi connectivity index (χ2v) is 8.55. The molecule has 0 saturated heterocycles. The minimum Gasteiger partial charge on any atom is -0.494 e. The summed E-state index contributed by atoms with van der Waals surface area (Å²) >= 11 is 0. The minimum atomic E-state index is 0.0444. The fraction of sp³-hybridized carbons (Fsp3) is 0.310. The molecule has 0 spiro atoms. The van der Waals surface area contributed by atoms with Gasteiger partial charge in [-0.25, -0.2) is 4.98 Å². The summed E-state index contributed by atoms with van der Waals surface area (Å²) in [6.07, 6.45) is 16.7. The lowest BCUT2D eigenvalue weighted by Gasteiger charge is -2.27. The predicted molar refractivity (Wildman–Crippen MR) is 136 cm³/mol. The molecular weight excluding hydrogens is 408 g/mol. The lowest BCUT2D eigenvalue weighted by molar-refractivity contribution is 0.147. The summed E-state index contributed by atoms with van der Waals surface area (Å²) in [5.41, 5.74) is 5.22. The predicted octanol–water partition coefficient (Wildman–Crippen LogP) is 4.67. The first-order chi connectivity index (χ1) is 16.0. The largest absolute Gasteiger partial charge is 0.494 e. The number of aryl methyl sites for hydroxylation is 1. The number of benzene rings is 2. The number of rotatable bonds is 6. The van der Waals surface area contributed by atoms with Crippen LogP contribution in [0.15, 0.2) is 47.9 Å². The Labute approximate surface area is 195 Å². The standard InChI is InChI=1S/C29H30N2O2/c1-7-10-26-23(8-2)25-12-9-11-24(27(25)29-28(26)31-18(3)16-30-29)22-14-21(15-22)17-33-20(5)13-19(4)32-6/h1,8-14,16,19,22H,15,17H2,2-6H3/b20-13-,23-8-,26-10+. The van der Waals surface area contributed by atoms with Gasteiger partial charge in [-0.15, -0.1) is 6.42 Å². The van der Waals surface area contributed by atoms with Gasteiger partial charge < -0.3 is 9.47 Å². The van der Waals surface area contributed by atoms with Crippen LogP contribution in [0, 0.1) is 19.3 Å². The molecule has 2 aromatic carbocycles. The van der Waals surface area contributed by atoms with Crippen molar-refractivity contribution < 1.29 is 9.47 Å². The molecule has 4 rings (SSSR count). The zero-order valence-electron chi connectivity index (χ0n) is 20.0. The van der Waals surface area contributed by atoms with E-state index in [1.165, 1.54) is 11.1 Å². The summed E-state index contributed by atoms with van der Waals surface area (Å²) in [5.74, 6) is 3.90. The summed E-state index contributed by atoms with van der Waals surface area (Å²) in [7, 11) is 1.70. The Bertz CT molecular complexity index is 1440. The zero-order chi connectivity index (χ0) is 23.5. The third-order valence-corrected chi connectivity index (χ3v) is 6.22. The zero-order valence-corrected chi connectivity index (χ0v) is 20.0. The van der Waals surface area contributed by atoms with Gasteiger partial charge in [-0.1, -0.05) is 36.3 Å². The molecule has 0 N–H and O–H groups in total. The van der Waals surface area contributed by atoms with E-state index < -0.39 is 0 Å². The van der Waals surface area contributed by atoms with Gasteiger partial charge in [0.15, 0.2) is 0 Å². The van der Waals surface area contributed by atoms with Crippen LogP contribution in [0.3, 0.4) is 0 Å². The molecule has 168 valence electrons. The number of fused-ring (bicyclic) bond motifs is 3. The van der Waals surface area contributed by atoms with Crippen LogP contribution in [0.1, 0.15) is 44.4 Å². The Hall–Kier alpha value is -3.42. The third-order valence-electron chi connectivity index (χ3n) is 6.22. The minimum absolute atomic E-state index is 0.0444. The molecule has 0 radical (unpaired) electrons. The molecule has 1 heterocycles. The van der Waals surface area contributed by atoms with E-state index in [-0.39, 0.29) is 6.10 Å². The van der Waals surface area contributed by atoms with Crippen molar-refractivity contribution in [1.82, 2.24) is 9.97 Å². The van der Waals surface area contributed by atoms with E-state index in [1.54, 1.807) is 13.2 Å². The second kappa shape index (κ2) is 9.60. The normalized spacial score (nSPS) is 18.2. The van der Waals surface area contributed by atoms with Gasteiger partial charge >= 0.3 is 0 Å². The summed E-state index contributed by atoms with van der Waals surface area (Å²) in [6, 6.07) is 6.48. The van der Waals surface area contributed by atoms with Crippen LogP contribution < -0.4 is 10.4 Å². The monoisotopic (exact) mass is 438 g/mol. The Morgan fingerprint density at radius 3 is 2.79 bits per heavy atom. The van der Waals surface area contributed by atoms with Crippen molar-refractivity contribution >= 4 is 34.0 Å². The summed E-state index contributed by atoms with van der Waals surface area (Å²) in [4.78, 5) is 9.64. The van der Waals surface area contributed by atoms with Crippen LogP contribution in [0.25, 0.3) is 34.0 Å². The second-order valence-electron chi connectivity index (χ2n) is 8.55. The van der Waals surface area contributed by atoms with E-state index >= 15 is 0 Å². The molecule has 3 aromatic rings. The average Bonchev–Trinajstić information content (AvgIpc) is 2.78. The number of terminal acetylenes is 1. The molecule has 4 nitrogen and oxygen atoms in total. The first-order valence-corrected chi connectivity index (χ1v) is 11.3. The van der Waals surface area contributed by atoms with E-state index in [1.807, 2.05) is 40.0 Å². The molecular formula is C29H30N2O2. The Morgan fingerprint density at radius 2 is 2.09 bits per heavy atom. The molecule has 33 heavy (non-hydrogen) atoms. The number of allylic oxidation sites excluding steroid dienone is 2. The van der Waals surface area contributed by atoms with Crippen LogP contribution in [-0.2, 0) is 9.47 Å². The summed E-state index contributed by atoms with van der Waals surface area (Å²) in [5, 5.41) is 4.39. The maximum Gasteiger partial charge on any atom is 0.109 e. The molecule has 0 fully saturated rings. The molecule has 2 unspecified atom stereocenters. The van der Waals surface area contributed by atoms with Crippen LogP contribution >= 0.6 is 0 Å². The Kier molecular flexibility index (Phi) is 6.62. The lowest BCUT2D eigenvalue weighted by Crippen LogP contribution is -2.28. The number of aromatic nitrogens is 2. The van der Waals surface area contributed by atoms with Crippen molar-refractivity contribution in [1.29, 1.82) is 0 Å². The molecule has 0 bridgehead atoms. The smallest absolute Gasteiger partial charge is 0.109 e. The molecule has 2 atom stereocenters. The highest BCUT2D eigenvalue weighted by Crippen LogP contribution is 2.39. The van der Waals surface area contributed by atoms with Gasteiger partial charge in [-0.05, 0) is 68.0 Å². The fourth-order valence-corrected chi connectivity index (χ4v) is 4.52. The van der Waals surface area contributed by atoms with Crippen LogP contribution in [0.4, 0.5) is 0 Å². The van der Waals surface area contributed by atoms with E-state index in [9.17, 15) is 0 Å². The maximum atomic E-state index is 5.92. The van der Waals surface area contributed by atoms with Gasteiger partial charge in [-0.3, -0.25) is 4.98 Å². The van der Waals surface area contributed by atoms with Crippen molar-refractivity contribution in [3.63, 3.8) is 0 Å². The SMILES string of the molecule is C#C/C=c1\c(=C/C)c2cccc(C3C=C(CO/C(C)=C\C(C)OC)C3)c2c2ncc(C)nc12. The highest BCUT2D eigenvalue weighted by Gasteiger charge is 2.24. The van der Waals surface area contributed by atoms with E-state index in [0.717, 1.165) is 50.1 Å². The molecule has 0 saturated carbocycles. The van der Waals surface area contributed by atoms with Crippen molar-refractivity contribution in [2.75, 3.05) is 13.7 Å². The van der Waals surface area contributed by atoms with Gasteiger partial charge in [-0.2, -0.15) is 0 Å². The first-order valence-electron chi connectivity index (χ1n) is 11.3. The molecule has 0 aliphatic heterocycles. The highest BCUT2D eigenvalue weighted by atomic mass is 16.5. The first kappa shape index (κ1) is 22.8. The third kappa shape index (κ3) is 4.42. The average molecular weight is 439 g/mol. The molecule has 1 aromatic heterocycles. The maximum absolute atomic E-state index is 5.92. The highest BCUT2D eigenvalue weighted by molar-refractivity contribution is 6.07. The van der Waals surface area contributed by atoms with Crippen LogP contribution in [-0.4, -0.2) is 29.8 Å². The lowest BCUT2D eigenvalue weighted by atomic mass is 9.79. The molecule has 0 amide bonds. The number of methoxy groups -OCH3 is 1. The molecule has 1 aliphatic rings. The van der Waals surface area contributed by atoms with Gasteiger partial charge in [0, 0.05) is 29.8 Å². The van der Waals surface area contributed by atoms with Gasteiger partial charge in [0.25, 0.3) is 0 Å². The fourth-order valence-electron chi connectivity index (χ4n) is 4.52.